The van der Waals surface area contributed by atoms with Crippen LogP contribution in [0.5, 0.6) is 0 Å². The van der Waals surface area contributed by atoms with Crippen molar-refractivity contribution in [2.24, 2.45) is 0 Å². The molecule has 92 valence electrons. The van der Waals surface area contributed by atoms with Crippen molar-refractivity contribution in [1.82, 2.24) is 5.32 Å². The van der Waals surface area contributed by atoms with Gasteiger partial charge in [-0.3, -0.25) is 0 Å². The molecule has 1 saturated heterocycles. The normalized spacial score (nSPS) is 28.6. The molecule has 0 bridgehead atoms. The van der Waals surface area contributed by atoms with Gasteiger partial charge in [-0.2, -0.15) is 0 Å². The second-order valence-electron chi connectivity index (χ2n) is 5.32. The molecule has 1 aliphatic carbocycles. The maximum atomic E-state index is 6.39. The average Bonchev–Trinajstić information content (AvgIpc) is 3.02. The van der Waals surface area contributed by atoms with Crippen molar-refractivity contribution < 1.29 is 0 Å². The summed E-state index contributed by atoms with van der Waals surface area (Å²) in [5.74, 6) is 0. The van der Waals surface area contributed by atoms with E-state index in [-0.39, 0.29) is 5.54 Å². The highest BCUT2D eigenvalue weighted by Crippen LogP contribution is 2.43. The van der Waals surface area contributed by atoms with E-state index in [0.29, 0.717) is 0 Å². The van der Waals surface area contributed by atoms with Gasteiger partial charge in [0.05, 0.1) is 5.02 Å². The van der Waals surface area contributed by atoms with Gasteiger partial charge in [0.25, 0.3) is 0 Å². The van der Waals surface area contributed by atoms with Crippen LogP contribution in [0, 0.1) is 0 Å². The third-order valence-electron chi connectivity index (χ3n) is 3.76. The van der Waals surface area contributed by atoms with Crippen LogP contribution in [0.2, 0.25) is 5.02 Å². The summed E-state index contributed by atoms with van der Waals surface area (Å²) >= 11 is 8.33. The van der Waals surface area contributed by atoms with E-state index >= 15 is 0 Å². The lowest BCUT2D eigenvalue weighted by atomic mass is 9.91. The highest BCUT2D eigenvalue weighted by Gasteiger charge is 2.30. The number of benzene rings is 1. The van der Waals surface area contributed by atoms with Crippen molar-refractivity contribution in [2.75, 3.05) is 6.54 Å². The fraction of sp³-hybridized carbons (Fsp3) is 0.571. The summed E-state index contributed by atoms with van der Waals surface area (Å²) in [6, 6.07) is 6.60. The lowest BCUT2D eigenvalue weighted by Crippen LogP contribution is -2.33. The summed E-state index contributed by atoms with van der Waals surface area (Å²) < 4.78 is 0. The fourth-order valence-corrected chi connectivity index (χ4v) is 3.81. The SMILES string of the molecule is CC1(c2ccc(SC3CC3)c(Cl)c2)CCCN1. The molecular formula is C14H18ClNS. The Hall–Kier alpha value is -0.180. The first-order valence-corrected chi connectivity index (χ1v) is 7.65. The van der Waals surface area contributed by atoms with Crippen molar-refractivity contribution in [1.29, 1.82) is 0 Å². The summed E-state index contributed by atoms with van der Waals surface area (Å²) in [5.41, 5.74) is 1.46. The highest BCUT2D eigenvalue weighted by molar-refractivity contribution is 8.00. The molecule has 1 nitrogen and oxygen atoms in total. The Labute approximate surface area is 112 Å². The van der Waals surface area contributed by atoms with Crippen LogP contribution in [0.3, 0.4) is 0 Å². The number of hydrogen-bond donors (Lipinski definition) is 1. The number of thioether (sulfide) groups is 1. The zero-order valence-electron chi connectivity index (χ0n) is 10.1. The molecule has 3 heteroatoms. The predicted octanol–water partition coefficient (Wildman–Crippen LogP) is 4.19. The van der Waals surface area contributed by atoms with Gasteiger partial charge in [0, 0.05) is 15.7 Å². The van der Waals surface area contributed by atoms with E-state index in [1.807, 2.05) is 11.8 Å². The molecule has 0 spiro atoms. The molecule has 3 rings (SSSR count). The predicted molar refractivity (Wildman–Crippen MR) is 74.9 cm³/mol. The summed E-state index contributed by atoms with van der Waals surface area (Å²) in [6.07, 6.45) is 5.16. The number of nitrogens with one attached hydrogen (secondary N) is 1. The maximum absolute atomic E-state index is 6.39. The van der Waals surface area contributed by atoms with E-state index in [0.717, 1.165) is 16.8 Å². The van der Waals surface area contributed by atoms with E-state index in [2.05, 4.69) is 30.4 Å². The minimum absolute atomic E-state index is 0.131. The Morgan fingerprint density at radius 1 is 1.41 bits per heavy atom. The van der Waals surface area contributed by atoms with E-state index in [1.54, 1.807) is 0 Å². The van der Waals surface area contributed by atoms with Gasteiger partial charge in [-0.25, -0.2) is 0 Å². The lowest BCUT2D eigenvalue weighted by molar-refractivity contribution is 0.434. The molecule has 1 aromatic rings. The summed E-state index contributed by atoms with van der Waals surface area (Å²) in [5, 5.41) is 5.33. The first kappa shape index (κ1) is 11.9. The van der Waals surface area contributed by atoms with Crippen LogP contribution in [0.1, 0.15) is 38.2 Å². The topological polar surface area (TPSA) is 12.0 Å². The molecule has 1 heterocycles. The molecular weight excluding hydrogens is 250 g/mol. The number of rotatable bonds is 3. The molecule has 0 aromatic heterocycles. The van der Waals surface area contributed by atoms with E-state index in [4.69, 9.17) is 11.6 Å². The second kappa shape index (κ2) is 4.49. The van der Waals surface area contributed by atoms with Crippen molar-refractivity contribution in [3.8, 4) is 0 Å². The Morgan fingerprint density at radius 2 is 2.24 bits per heavy atom. The summed E-state index contributed by atoms with van der Waals surface area (Å²) in [4.78, 5) is 1.25. The number of hydrogen-bond acceptors (Lipinski definition) is 2. The van der Waals surface area contributed by atoms with Gasteiger partial charge in [0.1, 0.15) is 0 Å². The molecule has 1 saturated carbocycles. The molecule has 0 amide bonds. The molecule has 1 aromatic carbocycles. The fourth-order valence-electron chi connectivity index (χ4n) is 2.45. The summed E-state index contributed by atoms with van der Waals surface area (Å²) in [7, 11) is 0. The maximum Gasteiger partial charge on any atom is 0.0545 e. The van der Waals surface area contributed by atoms with Crippen molar-refractivity contribution >= 4 is 23.4 Å². The standard InChI is InChI=1S/C14H18ClNS/c1-14(7-2-8-16-14)10-3-6-13(12(15)9-10)17-11-4-5-11/h3,6,9,11,16H,2,4-5,7-8H2,1H3. The van der Waals surface area contributed by atoms with Gasteiger partial charge in [-0.15, -0.1) is 11.8 Å². The third kappa shape index (κ3) is 2.49. The van der Waals surface area contributed by atoms with Gasteiger partial charge in [0.2, 0.25) is 0 Å². The molecule has 1 aliphatic heterocycles. The van der Waals surface area contributed by atoms with Crippen LogP contribution in [0.15, 0.2) is 23.1 Å². The Kier molecular flexibility index (Phi) is 3.14. The third-order valence-corrected chi connectivity index (χ3v) is 5.60. The molecule has 1 N–H and O–H groups in total. The molecule has 1 atom stereocenters. The Morgan fingerprint density at radius 3 is 2.82 bits per heavy atom. The van der Waals surface area contributed by atoms with E-state index in [9.17, 15) is 0 Å². The van der Waals surface area contributed by atoms with Crippen LogP contribution in [-0.4, -0.2) is 11.8 Å². The first-order chi connectivity index (χ1) is 8.17. The van der Waals surface area contributed by atoms with Crippen LogP contribution >= 0.6 is 23.4 Å². The monoisotopic (exact) mass is 267 g/mol. The van der Waals surface area contributed by atoms with Crippen molar-refractivity contribution in [3.63, 3.8) is 0 Å². The van der Waals surface area contributed by atoms with Gasteiger partial charge >= 0.3 is 0 Å². The number of halogens is 1. The van der Waals surface area contributed by atoms with Crippen LogP contribution in [-0.2, 0) is 5.54 Å². The molecule has 2 fully saturated rings. The quantitative estimate of drug-likeness (QED) is 0.881. The van der Waals surface area contributed by atoms with Crippen molar-refractivity contribution in [3.05, 3.63) is 28.8 Å². The van der Waals surface area contributed by atoms with Gasteiger partial charge in [0.15, 0.2) is 0 Å². The second-order valence-corrected chi connectivity index (χ2v) is 7.07. The lowest BCUT2D eigenvalue weighted by Gasteiger charge is -2.25. The van der Waals surface area contributed by atoms with Crippen LogP contribution < -0.4 is 5.32 Å². The molecule has 17 heavy (non-hydrogen) atoms. The van der Waals surface area contributed by atoms with Gasteiger partial charge in [-0.05, 0) is 56.8 Å². The van der Waals surface area contributed by atoms with E-state index in [1.165, 1.54) is 36.1 Å². The molecule has 1 unspecified atom stereocenters. The van der Waals surface area contributed by atoms with Crippen LogP contribution in [0.4, 0.5) is 0 Å². The molecule has 2 aliphatic rings. The first-order valence-electron chi connectivity index (χ1n) is 6.39. The smallest absolute Gasteiger partial charge is 0.0545 e. The van der Waals surface area contributed by atoms with Crippen LogP contribution in [0.25, 0.3) is 0 Å². The summed E-state index contributed by atoms with van der Waals surface area (Å²) in [6.45, 7) is 3.39. The van der Waals surface area contributed by atoms with Crippen molar-refractivity contribution in [2.45, 2.75) is 48.3 Å². The molecule has 0 radical (unpaired) electrons. The van der Waals surface area contributed by atoms with E-state index < -0.39 is 0 Å². The van der Waals surface area contributed by atoms with Gasteiger partial charge in [-0.1, -0.05) is 17.7 Å². The zero-order chi connectivity index (χ0) is 11.9. The average molecular weight is 268 g/mol. The highest BCUT2D eigenvalue weighted by atomic mass is 35.5. The Bertz CT molecular complexity index is 422. The van der Waals surface area contributed by atoms with Gasteiger partial charge < -0.3 is 5.32 Å². The Balaban J connectivity index is 1.84. The minimum Gasteiger partial charge on any atom is -0.308 e. The largest absolute Gasteiger partial charge is 0.308 e. The minimum atomic E-state index is 0.131. The zero-order valence-corrected chi connectivity index (χ0v) is 11.7.